The molecule has 1 unspecified atom stereocenters. The van der Waals surface area contributed by atoms with E-state index in [-0.39, 0.29) is 6.42 Å². The van der Waals surface area contributed by atoms with Gasteiger partial charge in [-0.3, -0.25) is 9.59 Å². The van der Waals surface area contributed by atoms with Crippen molar-refractivity contribution in [3.63, 3.8) is 0 Å². The zero-order valence-corrected chi connectivity index (χ0v) is 15.5. The molecule has 9 heteroatoms. The third-order valence-corrected chi connectivity index (χ3v) is 5.17. The normalized spacial score (nSPS) is 12.6. The van der Waals surface area contributed by atoms with Crippen molar-refractivity contribution in [1.82, 2.24) is 9.99 Å². The lowest BCUT2D eigenvalue weighted by Gasteiger charge is -2.27. The first-order valence-corrected chi connectivity index (χ1v) is 9.67. The Morgan fingerprint density at radius 3 is 2.11 bits per heavy atom. The SMILES string of the molecule is CN(C(Cc1ccc(-c2ccccc2)cc1)C(=O)NCC(=O)O)P(=O)(O)O. The molecule has 0 bridgehead atoms. The van der Waals surface area contributed by atoms with E-state index in [0.29, 0.717) is 10.2 Å². The van der Waals surface area contributed by atoms with Gasteiger partial charge < -0.3 is 20.2 Å². The molecule has 0 fully saturated rings. The highest BCUT2D eigenvalue weighted by molar-refractivity contribution is 7.49. The molecule has 8 nitrogen and oxygen atoms in total. The fourth-order valence-corrected chi connectivity index (χ4v) is 3.09. The van der Waals surface area contributed by atoms with E-state index in [1.54, 1.807) is 12.1 Å². The number of nitrogens with one attached hydrogen (secondary N) is 1. The number of carbonyl (C=O) groups excluding carboxylic acids is 1. The number of carboxylic acid groups (broad SMARTS) is 1. The minimum Gasteiger partial charge on any atom is -0.480 e. The first-order valence-electron chi connectivity index (χ1n) is 8.11. The van der Waals surface area contributed by atoms with Gasteiger partial charge in [0.05, 0.1) is 0 Å². The summed E-state index contributed by atoms with van der Waals surface area (Å²) < 4.78 is 12.2. The second-order valence-corrected chi connectivity index (χ2v) is 7.64. The predicted molar refractivity (Wildman–Crippen MR) is 99.8 cm³/mol. The molecule has 2 aromatic rings. The van der Waals surface area contributed by atoms with E-state index in [1.165, 1.54) is 0 Å². The Bertz CT molecular complexity index is 835. The van der Waals surface area contributed by atoms with Crippen LogP contribution in [0, 0.1) is 0 Å². The van der Waals surface area contributed by atoms with Crippen LogP contribution in [-0.4, -0.2) is 51.1 Å². The number of likely N-dealkylation sites (N-methyl/N-ethyl adjacent to an activating group) is 1. The number of aliphatic carboxylic acids is 1. The highest BCUT2D eigenvalue weighted by atomic mass is 31.2. The lowest BCUT2D eigenvalue weighted by molar-refractivity contribution is -0.138. The van der Waals surface area contributed by atoms with Gasteiger partial charge in [-0.05, 0) is 30.2 Å². The summed E-state index contributed by atoms with van der Waals surface area (Å²) in [5.41, 5.74) is 2.67. The molecule has 1 amide bonds. The molecule has 0 spiro atoms. The van der Waals surface area contributed by atoms with Crippen LogP contribution in [0.15, 0.2) is 54.6 Å². The van der Waals surface area contributed by atoms with E-state index in [9.17, 15) is 23.9 Å². The van der Waals surface area contributed by atoms with Crippen molar-refractivity contribution in [3.8, 4) is 11.1 Å². The summed E-state index contributed by atoms with van der Waals surface area (Å²) >= 11 is 0. The van der Waals surface area contributed by atoms with Gasteiger partial charge in [-0.1, -0.05) is 54.6 Å². The minimum absolute atomic E-state index is 0.0160. The summed E-state index contributed by atoms with van der Waals surface area (Å²) in [4.78, 5) is 41.7. The molecule has 1 atom stereocenters. The molecule has 0 saturated carbocycles. The fraction of sp³-hybridized carbons (Fsp3) is 0.222. The molecule has 2 aromatic carbocycles. The summed E-state index contributed by atoms with van der Waals surface area (Å²) in [6.45, 7) is -0.628. The van der Waals surface area contributed by atoms with Gasteiger partial charge in [0.1, 0.15) is 12.6 Å². The van der Waals surface area contributed by atoms with Crippen molar-refractivity contribution < 1.29 is 29.0 Å². The molecule has 0 aliphatic carbocycles. The number of carbonyl (C=O) groups is 2. The number of rotatable bonds is 8. The highest BCUT2D eigenvalue weighted by Crippen LogP contribution is 2.40. The van der Waals surface area contributed by atoms with E-state index in [1.807, 2.05) is 42.5 Å². The van der Waals surface area contributed by atoms with Crippen LogP contribution in [0.2, 0.25) is 0 Å². The average molecular weight is 392 g/mol. The second kappa shape index (κ2) is 8.92. The quantitative estimate of drug-likeness (QED) is 0.501. The maximum absolute atomic E-state index is 12.3. The Kier molecular flexibility index (Phi) is 6.87. The Morgan fingerprint density at radius 1 is 1.04 bits per heavy atom. The summed E-state index contributed by atoms with van der Waals surface area (Å²) in [5, 5.41) is 10.9. The molecule has 2 rings (SSSR count). The minimum atomic E-state index is -4.68. The monoisotopic (exact) mass is 392 g/mol. The van der Waals surface area contributed by atoms with Gasteiger partial charge in [0.25, 0.3) is 0 Å². The topological polar surface area (TPSA) is 127 Å². The van der Waals surface area contributed by atoms with Gasteiger partial charge in [-0.2, -0.15) is 4.67 Å². The van der Waals surface area contributed by atoms with E-state index in [4.69, 9.17) is 5.11 Å². The van der Waals surface area contributed by atoms with Crippen LogP contribution in [-0.2, 0) is 20.6 Å². The molecule has 27 heavy (non-hydrogen) atoms. The summed E-state index contributed by atoms with van der Waals surface area (Å²) in [6, 6.07) is 15.7. The van der Waals surface area contributed by atoms with Crippen LogP contribution < -0.4 is 5.32 Å². The molecule has 0 aliphatic rings. The Hall–Kier alpha value is -2.51. The number of hydrogen-bond donors (Lipinski definition) is 4. The van der Waals surface area contributed by atoms with Crippen LogP contribution >= 0.6 is 7.75 Å². The lowest BCUT2D eigenvalue weighted by atomic mass is 10.0. The summed E-state index contributed by atoms with van der Waals surface area (Å²) in [7, 11) is -3.55. The van der Waals surface area contributed by atoms with Crippen LogP contribution in [0.5, 0.6) is 0 Å². The average Bonchev–Trinajstić information content (AvgIpc) is 2.64. The van der Waals surface area contributed by atoms with E-state index >= 15 is 0 Å². The maximum Gasteiger partial charge on any atom is 0.403 e. The number of carboxylic acids is 1. The predicted octanol–water partition coefficient (Wildman–Crippen LogP) is 1.49. The van der Waals surface area contributed by atoms with E-state index < -0.39 is 32.2 Å². The van der Waals surface area contributed by atoms with Crippen LogP contribution in [0.3, 0.4) is 0 Å². The van der Waals surface area contributed by atoms with E-state index in [2.05, 4.69) is 5.32 Å². The van der Waals surface area contributed by atoms with Crippen molar-refractivity contribution in [2.24, 2.45) is 0 Å². The summed E-state index contributed by atoms with van der Waals surface area (Å²) in [6.07, 6.45) is 0.0160. The largest absolute Gasteiger partial charge is 0.480 e. The van der Waals surface area contributed by atoms with Crippen LogP contribution in [0.4, 0.5) is 0 Å². The zero-order valence-electron chi connectivity index (χ0n) is 14.6. The second-order valence-electron chi connectivity index (χ2n) is 5.98. The first-order chi connectivity index (χ1) is 12.7. The van der Waals surface area contributed by atoms with Gasteiger partial charge in [0.15, 0.2) is 0 Å². The lowest BCUT2D eigenvalue weighted by Crippen LogP contribution is -2.46. The van der Waals surface area contributed by atoms with Gasteiger partial charge in [0, 0.05) is 0 Å². The third kappa shape index (κ3) is 6.01. The smallest absolute Gasteiger partial charge is 0.403 e. The Labute approximate surface area is 156 Å². The summed E-state index contributed by atoms with van der Waals surface area (Å²) in [5.74, 6) is -2.01. The van der Waals surface area contributed by atoms with Crippen LogP contribution in [0.1, 0.15) is 5.56 Å². The van der Waals surface area contributed by atoms with Gasteiger partial charge in [-0.15, -0.1) is 0 Å². The molecule has 0 aliphatic heterocycles. The molecule has 0 heterocycles. The Morgan fingerprint density at radius 2 is 1.59 bits per heavy atom. The van der Waals surface area contributed by atoms with Crippen LogP contribution in [0.25, 0.3) is 11.1 Å². The zero-order chi connectivity index (χ0) is 20.0. The molecule has 0 aromatic heterocycles. The molecule has 144 valence electrons. The first kappa shape index (κ1) is 20.8. The standard InChI is InChI=1S/C18H21N2O6P/c1-20(27(24,25)26)16(18(23)19-12-17(21)22)11-13-7-9-15(10-8-13)14-5-3-2-4-6-14/h2-10,16H,11-12H2,1H3,(H,19,23)(H,21,22)(H2,24,25,26). The molecular weight excluding hydrogens is 371 g/mol. The van der Waals surface area contributed by atoms with Crippen molar-refractivity contribution in [3.05, 3.63) is 60.2 Å². The van der Waals surface area contributed by atoms with Gasteiger partial charge in [-0.25, -0.2) is 4.57 Å². The number of amides is 1. The van der Waals surface area contributed by atoms with E-state index in [0.717, 1.165) is 18.2 Å². The fourth-order valence-electron chi connectivity index (χ4n) is 2.54. The van der Waals surface area contributed by atoms with Gasteiger partial charge >= 0.3 is 13.7 Å². The maximum atomic E-state index is 12.3. The van der Waals surface area contributed by atoms with Crippen molar-refractivity contribution >= 4 is 19.6 Å². The number of nitrogens with zero attached hydrogens (tertiary/aromatic N) is 1. The number of benzene rings is 2. The van der Waals surface area contributed by atoms with Crippen molar-refractivity contribution in [2.75, 3.05) is 13.6 Å². The molecular formula is C18H21N2O6P. The molecule has 4 N–H and O–H groups in total. The number of hydrogen-bond acceptors (Lipinski definition) is 3. The molecule has 0 saturated heterocycles. The van der Waals surface area contributed by atoms with Crippen molar-refractivity contribution in [1.29, 1.82) is 0 Å². The molecule has 0 radical (unpaired) electrons. The highest BCUT2D eigenvalue weighted by Gasteiger charge is 2.34. The van der Waals surface area contributed by atoms with Crippen molar-refractivity contribution in [2.45, 2.75) is 12.5 Å². The Balaban J connectivity index is 2.20. The third-order valence-electron chi connectivity index (χ3n) is 4.07. The van der Waals surface area contributed by atoms with Gasteiger partial charge in [0.2, 0.25) is 5.91 Å².